The van der Waals surface area contributed by atoms with Crippen LogP contribution in [0.25, 0.3) is 0 Å². The molecule has 2 heterocycles. The quantitative estimate of drug-likeness (QED) is 0.396. The number of carbonyl (C=O) groups is 1. The summed E-state index contributed by atoms with van der Waals surface area (Å²) in [5.41, 5.74) is 2.68. The minimum atomic E-state index is -0.691. The Hall–Kier alpha value is -3.65. The van der Waals surface area contributed by atoms with Crippen molar-refractivity contribution in [3.63, 3.8) is 0 Å². The SMILES string of the molecule is O=C(NCCc1ccncc1)C(NCCc1ccncc1)c1cccc([N+](=O)[O-])c1. The third-order valence-electron chi connectivity index (χ3n) is 4.65. The van der Waals surface area contributed by atoms with E-state index in [4.69, 9.17) is 0 Å². The van der Waals surface area contributed by atoms with Gasteiger partial charge in [-0.05, 0) is 53.8 Å². The second kappa shape index (κ2) is 10.8. The summed E-state index contributed by atoms with van der Waals surface area (Å²) in [6, 6.07) is 13.1. The number of non-ortho nitro benzene ring substituents is 1. The van der Waals surface area contributed by atoms with Gasteiger partial charge in [-0.25, -0.2) is 0 Å². The number of hydrogen-bond donors (Lipinski definition) is 2. The summed E-state index contributed by atoms with van der Waals surface area (Å²) in [5.74, 6) is -0.223. The number of rotatable bonds is 10. The molecule has 1 atom stereocenters. The lowest BCUT2D eigenvalue weighted by atomic mass is 10.0. The summed E-state index contributed by atoms with van der Waals surface area (Å²) in [6.45, 7) is 0.995. The number of benzene rings is 1. The Morgan fingerprint density at radius 1 is 0.933 bits per heavy atom. The van der Waals surface area contributed by atoms with Crippen molar-refractivity contribution in [1.82, 2.24) is 20.6 Å². The van der Waals surface area contributed by atoms with Crippen molar-refractivity contribution in [2.24, 2.45) is 0 Å². The van der Waals surface area contributed by atoms with Crippen molar-refractivity contribution in [3.8, 4) is 0 Å². The molecule has 8 nitrogen and oxygen atoms in total. The second-order valence-electron chi connectivity index (χ2n) is 6.74. The van der Waals surface area contributed by atoms with Gasteiger partial charge in [0.1, 0.15) is 6.04 Å². The Morgan fingerprint density at radius 3 is 2.13 bits per heavy atom. The van der Waals surface area contributed by atoms with E-state index in [1.165, 1.54) is 12.1 Å². The van der Waals surface area contributed by atoms with Crippen LogP contribution in [-0.2, 0) is 17.6 Å². The molecule has 0 fully saturated rings. The van der Waals surface area contributed by atoms with Gasteiger partial charge >= 0.3 is 0 Å². The fraction of sp³-hybridized carbons (Fsp3) is 0.227. The molecule has 1 aromatic carbocycles. The van der Waals surface area contributed by atoms with Gasteiger partial charge in [-0.1, -0.05) is 12.1 Å². The highest BCUT2D eigenvalue weighted by Crippen LogP contribution is 2.20. The molecule has 3 aromatic rings. The lowest BCUT2D eigenvalue weighted by Crippen LogP contribution is -2.39. The monoisotopic (exact) mass is 405 g/mol. The first-order valence-electron chi connectivity index (χ1n) is 9.67. The second-order valence-corrected chi connectivity index (χ2v) is 6.74. The van der Waals surface area contributed by atoms with Gasteiger partial charge in [-0.2, -0.15) is 0 Å². The van der Waals surface area contributed by atoms with E-state index in [0.717, 1.165) is 11.1 Å². The summed E-state index contributed by atoms with van der Waals surface area (Å²) in [5, 5.41) is 17.3. The van der Waals surface area contributed by atoms with E-state index >= 15 is 0 Å². The molecule has 0 aliphatic heterocycles. The largest absolute Gasteiger partial charge is 0.354 e. The van der Waals surface area contributed by atoms with Crippen LogP contribution in [0.4, 0.5) is 5.69 Å². The highest BCUT2D eigenvalue weighted by atomic mass is 16.6. The standard InChI is InChI=1S/C22H23N5O3/c28-22(26-15-9-18-6-12-24-13-7-18)21(19-2-1-3-20(16-19)27(29)30)25-14-8-17-4-10-23-11-5-17/h1-7,10-13,16,21,25H,8-9,14-15H2,(H,26,28). The zero-order chi connectivity index (χ0) is 21.2. The lowest BCUT2D eigenvalue weighted by Gasteiger charge is -2.19. The first-order chi connectivity index (χ1) is 14.6. The van der Waals surface area contributed by atoms with Crippen LogP contribution in [-0.4, -0.2) is 33.9 Å². The van der Waals surface area contributed by atoms with Gasteiger partial charge in [-0.15, -0.1) is 0 Å². The molecule has 0 bridgehead atoms. The maximum Gasteiger partial charge on any atom is 0.269 e. The highest BCUT2D eigenvalue weighted by molar-refractivity contribution is 5.83. The van der Waals surface area contributed by atoms with Gasteiger partial charge in [0, 0.05) is 50.0 Å². The van der Waals surface area contributed by atoms with Gasteiger partial charge in [0.05, 0.1) is 4.92 Å². The first kappa shape index (κ1) is 21.1. The summed E-state index contributed by atoms with van der Waals surface area (Å²) in [7, 11) is 0. The molecule has 1 unspecified atom stereocenters. The summed E-state index contributed by atoms with van der Waals surface area (Å²) in [6.07, 6.45) is 8.25. The number of nitrogens with zero attached hydrogens (tertiary/aromatic N) is 3. The van der Waals surface area contributed by atoms with Crippen molar-refractivity contribution in [1.29, 1.82) is 0 Å². The van der Waals surface area contributed by atoms with E-state index in [1.54, 1.807) is 36.9 Å². The summed E-state index contributed by atoms with van der Waals surface area (Å²) >= 11 is 0. The van der Waals surface area contributed by atoms with Crippen molar-refractivity contribution in [2.75, 3.05) is 13.1 Å². The molecule has 30 heavy (non-hydrogen) atoms. The lowest BCUT2D eigenvalue weighted by molar-refractivity contribution is -0.384. The molecule has 0 aliphatic rings. The van der Waals surface area contributed by atoms with E-state index < -0.39 is 11.0 Å². The average Bonchev–Trinajstić information content (AvgIpc) is 2.78. The normalized spacial score (nSPS) is 11.6. The molecule has 2 N–H and O–H groups in total. The van der Waals surface area contributed by atoms with Gasteiger partial charge in [0.25, 0.3) is 5.69 Å². The molecule has 1 amide bonds. The molecule has 2 aromatic heterocycles. The number of nitro groups is 1. The van der Waals surface area contributed by atoms with Crippen LogP contribution in [0.2, 0.25) is 0 Å². The van der Waals surface area contributed by atoms with E-state index in [0.29, 0.717) is 31.5 Å². The first-order valence-corrected chi connectivity index (χ1v) is 9.67. The molecular formula is C22H23N5O3. The average molecular weight is 405 g/mol. The van der Waals surface area contributed by atoms with Gasteiger partial charge < -0.3 is 10.6 Å². The van der Waals surface area contributed by atoms with Crippen molar-refractivity contribution >= 4 is 11.6 Å². The highest BCUT2D eigenvalue weighted by Gasteiger charge is 2.21. The van der Waals surface area contributed by atoms with Crippen LogP contribution < -0.4 is 10.6 Å². The third-order valence-corrected chi connectivity index (χ3v) is 4.65. The van der Waals surface area contributed by atoms with E-state index in [1.807, 2.05) is 24.3 Å². The Kier molecular flexibility index (Phi) is 7.57. The predicted octanol–water partition coefficient (Wildman–Crippen LogP) is 2.62. The molecular weight excluding hydrogens is 382 g/mol. The van der Waals surface area contributed by atoms with Crippen LogP contribution in [0.15, 0.2) is 73.3 Å². The number of nitrogens with one attached hydrogen (secondary N) is 2. The Bertz CT molecular complexity index is 967. The zero-order valence-corrected chi connectivity index (χ0v) is 16.4. The number of aromatic nitrogens is 2. The Labute approximate surface area is 174 Å². The number of nitro benzene ring substituents is 1. The van der Waals surface area contributed by atoms with E-state index in [-0.39, 0.29) is 11.6 Å². The summed E-state index contributed by atoms with van der Waals surface area (Å²) in [4.78, 5) is 31.6. The molecule has 0 spiro atoms. The molecule has 0 saturated heterocycles. The maximum atomic E-state index is 12.9. The smallest absolute Gasteiger partial charge is 0.269 e. The van der Waals surface area contributed by atoms with Crippen LogP contribution in [0.3, 0.4) is 0 Å². The minimum absolute atomic E-state index is 0.0435. The van der Waals surface area contributed by atoms with Gasteiger partial charge in [0.2, 0.25) is 5.91 Å². The zero-order valence-electron chi connectivity index (χ0n) is 16.4. The van der Waals surface area contributed by atoms with Crippen LogP contribution >= 0.6 is 0 Å². The van der Waals surface area contributed by atoms with Crippen molar-refractivity contribution < 1.29 is 9.72 Å². The molecule has 0 radical (unpaired) electrons. The predicted molar refractivity (Wildman–Crippen MR) is 113 cm³/mol. The Balaban J connectivity index is 1.66. The fourth-order valence-corrected chi connectivity index (χ4v) is 3.07. The number of hydrogen-bond acceptors (Lipinski definition) is 6. The van der Waals surface area contributed by atoms with Crippen LogP contribution in [0.1, 0.15) is 22.7 Å². The van der Waals surface area contributed by atoms with Crippen molar-refractivity contribution in [3.05, 3.63) is 100 Å². The third kappa shape index (κ3) is 6.18. The number of amides is 1. The topological polar surface area (TPSA) is 110 Å². The summed E-state index contributed by atoms with van der Waals surface area (Å²) < 4.78 is 0. The molecule has 3 rings (SSSR count). The Morgan fingerprint density at radius 2 is 1.53 bits per heavy atom. The van der Waals surface area contributed by atoms with E-state index in [9.17, 15) is 14.9 Å². The maximum absolute atomic E-state index is 12.9. The van der Waals surface area contributed by atoms with Crippen LogP contribution in [0, 0.1) is 10.1 Å². The number of pyridine rings is 2. The van der Waals surface area contributed by atoms with Gasteiger partial charge in [0.15, 0.2) is 0 Å². The van der Waals surface area contributed by atoms with E-state index in [2.05, 4.69) is 20.6 Å². The molecule has 8 heteroatoms. The molecule has 0 saturated carbocycles. The molecule has 0 aliphatic carbocycles. The van der Waals surface area contributed by atoms with Crippen molar-refractivity contribution in [2.45, 2.75) is 18.9 Å². The fourth-order valence-electron chi connectivity index (χ4n) is 3.07. The minimum Gasteiger partial charge on any atom is -0.354 e. The number of carbonyl (C=O) groups excluding carboxylic acids is 1. The molecule has 154 valence electrons. The van der Waals surface area contributed by atoms with Crippen LogP contribution in [0.5, 0.6) is 0 Å². The van der Waals surface area contributed by atoms with Gasteiger partial charge in [-0.3, -0.25) is 24.9 Å².